The summed E-state index contributed by atoms with van der Waals surface area (Å²) in [6, 6.07) is 8.23. The van der Waals surface area contributed by atoms with Gasteiger partial charge >= 0.3 is 0 Å². The van der Waals surface area contributed by atoms with Crippen LogP contribution in [0.25, 0.3) is 0 Å². The summed E-state index contributed by atoms with van der Waals surface area (Å²) >= 11 is 9.18. The molecule has 0 saturated heterocycles. The fraction of sp³-hybridized carbons (Fsp3) is 0.0769. The Bertz CT molecular complexity index is 681. The first-order valence-electron chi connectivity index (χ1n) is 5.82. The number of halogens is 2. The van der Waals surface area contributed by atoms with Crippen LogP contribution in [0.15, 0.2) is 34.8 Å². The van der Waals surface area contributed by atoms with Gasteiger partial charge in [0.05, 0.1) is 12.8 Å². The van der Waals surface area contributed by atoms with Crippen LogP contribution >= 0.6 is 27.5 Å². The summed E-state index contributed by atoms with van der Waals surface area (Å²) in [6.07, 6.45) is 0. The quantitative estimate of drug-likeness (QED) is 0.437. The van der Waals surface area contributed by atoms with Crippen LogP contribution in [0.5, 0.6) is 5.75 Å². The normalized spacial score (nSPS) is 10.1. The number of methoxy groups -OCH3 is 1. The highest BCUT2D eigenvalue weighted by Gasteiger charge is 2.12. The lowest BCUT2D eigenvalue weighted by molar-refractivity contribution is 0.102. The number of pyridine rings is 1. The molecule has 1 aromatic carbocycles. The van der Waals surface area contributed by atoms with Gasteiger partial charge in [0.1, 0.15) is 16.7 Å². The van der Waals surface area contributed by atoms with Gasteiger partial charge in [0.25, 0.3) is 5.91 Å². The van der Waals surface area contributed by atoms with Gasteiger partial charge < -0.3 is 15.5 Å². The molecule has 21 heavy (non-hydrogen) atoms. The van der Waals surface area contributed by atoms with Crippen molar-refractivity contribution in [3.63, 3.8) is 0 Å². The Morgan fingerprint density at radius 2 is 2.14 bits per heavy atom. The highest BCUT2D eigenvalue weighted by Crippen LogP contribution is 2.28. The number of carbonyl (C=O) groups excluding carboxylic acids is 1. The number of amides is 1. The van der Waals surface area contributed by atoms with Gasteiger partial charge in [0.2, 0.25) is 0 Å². The minimum Gasteiger partial charge on any atom is -0.495 e. The van der Waals surface area contributed by atoms with E-state index in [1.165, 1.54) is 19.2 Å². The minimum absolute atomic E-state index is 0.164. The van der Waals surface area contributed by atoms with Crippen molar-refractivity contribution >= 4 is 44.9 Å². The highest BCUT2D eigenvalue weighted by molar-refractivity contribution is 9.10. The monoisotopic (exact) mass is 370 g/mol. The van der Waals surface area contributed by atoms with E-state index in [0.717, 1.165) is 4.47 Å². The van der Waals surface area contributed by atoms with Crippen LogP contribution in [0.4, 0.5) is 11.5 Å². The van der Waals surface area contributed by atoms with Crippen molar-refractivity contribution < 1.29 is 9.53 Å². The van der Waals surface area contributed by atoms with Crippen LogP contribution in [0, 0.1) is 0 Å². The third-order valence-electron chi connectivity index (χ3n) is 2.61. The maximum Gasteiger partial charge on any atom is 0.256 e. The van der Waals surface area contributed by atoms with Gasteiger partial charge in [0.15, 0.2) is 0 Å². The number of nitrogens with two attached hydrogens (primary N) is 1. The molecule has 2 aromatic rings. The summed E-state index contributed by atoms with van der Waals surface area (Å²) in [4.78, 5) is 16.2. The van der Waals surface area contributed by atoms with Crippen molar-refractivity contribution in [1.82, 2.24) is 4.98 Å². The first-order chi connectivity index (χ1) is 10.0. The lowest BCUT2D eigenvalue weighted by Crippen LogP contribution is -2.15. The second-order valence-electron chi connectivity index (χ2n) is 4.01. The molecule has 0 aliphatic heterocycles. The zero-order valence-corrected chi connectivity index (χ0v) is 13.3. The lowest BCUT2D eigenvalue weighted by Gasteiger charge is -2.11. The van der Waals surface area contributed by atoms with Crippen LogP contribution < -0.4 is 21.3 Å². The number of aromatic nitrogens is 1. The fourth-order valence-corrected chi connectivity index (χ4v) is 2.24. The molecule has 6 nitrogen and oxygen atoms in total. The number of rotatable bonds is 4. The van der Waals surface area contributed by atoms with E-state index in [0.29, 0.717) is 22.8 Å². The summed E-state index contributed by atoms with van der Waals surface area (Å²) in [5.41, 5.74) is 3.21. The Balaban J connectivity index is 2.30. The first kappa shape index (κ1) is 15.6. The predicted molar refractivity (Wildman–Crippen MR) is 85.7 cm³/mol. The molecule has 8 heteroatoms. The maximum absolute atomic E-state index is 12.3. The molecule has 0 fully saturated rings. The molecule has 1 aromatic heterocycles. The van der Waals surface area contributed by atoms with Crippen molar-refractivity contribution in [3.8, 4) is 5.75 Å². The molecule has 0 saturated carbocycles. The number of carbonyl (C=O) groups is 1. The highest BCUT2D eigenvalue weighted by atomic mass is 79.9. The molecular formula is C13H12BrClN4O2. The maximum atomic E-state index is 12.3. The first-order valence-corrected chi connectivity index (χ1v) is 6.99. The van der Waals surface area contributed by atoms with Gasteiger partial charge in [-0.2, -0.15) is 0 Å². The van der Waals surface area contributed by atoms with Gasteiger partial charge in [-0.15, -0.1) is 0 Å². The van der Waals surface area contributed by atoms with Crippen LogP contribution in [0.2, 0.25) is 5.15 Å². The van der Waals surface area contributed by atoms with Crippen LogP contribution in [0.1, 0.15) is 10.4 Å². The van der Waals surface area contributed by atoms with E-state index in [1.54, 1.807) is 12.1 Å². The summed E-state index contributed by atoms with van der Waals surface area (Å²) in [6.45, 7) is 0. The van der Waals surface area contributed by atoms with Crippen molar-refractivity contribution in [2.45, 2.75) is 0 Å². The van der Waals surface area contributed by atoms with Gasteiger partial charge in [-0.3, -0.25) is 4.79 Å². The Morgan fingerprint density at radius 1 is 1.38 bits per heavy atom. The topological polar surface area (TPSA) is 89.3 Å². The average molecular weight is 372 g/mol. The molecule has 1 amide bonds. The number of nitrogen functional groups attached to an aromatic ring is 1. The molecule has 0 aliphatic carbocycles. The number of hydrogen-bond acceptors (Lipinski definition) is 5. The fourth-order valence-electron chi connectivity index (χ4n) is 1.67. The number of nitrogens with zero attached hydrogens (tertiary/aromatic N) is 1. The van der Waals surface area contributed by atoms with E-state index in [1.807, 2.05) is 6.07 Å². The smallest absolute Gasteiger partial charge is 0.256 e. The van der Waals surface area contributed by atoms with Crippen LogP contribution in [0.3, 0.4) is 0 Å². The summed E-state index contributed by atoms with van der Waals surface area (Å²) < 4.78 is 6.01. The molecule has 0 unspecified atom stereocenters. The molecule has 4 N–H and O–H groups in total. The van der Waals surface area contributed by atoms with E-state index in [4.69, 9.17) is 22.2 Å². The summed E-state index contributed by atoms with van der Waals surface area (Å²) in [7, 11) is 1.53. The SMILES string of the molecule is COc1ccc(Br)cc1NC(=O)c1cc(Cl)nc(NN)c1. The number of hydrogen-bond donors (Lipinski definition) is 3. The molecule has 0 spiro atoms. The zero-order valence-electron chi connectivity index (χ0n) is 11.0. The average Bonchev–Trinajstić information content (AvgIpc) is 2.46. The Hall–Kier alpha value is -1.83. The van der Waals surface area contributed by atoms with E-state index in [-0.39, 0.29) is 11.1 Å². The predicted octanol–water partition coefficient (Wildman–Crippen LogP) is 3.04. The summed E-state index contributed by atoms with van der Waals surface area (Å²) in [5, 5.41) is 2.91. The van der Waals surface area contributed by atoms with E-state index < -0.39 is 0 Å². The Kier molecular flexibility index (Phi) is 5.00. The second kappa shape index (κ2) is 6.75. The summed E-state index contributed by atoms with van der Waals surface area (Å²) in [5.74, 6) is 5.77. The van der Waals surface area contributed by atoms with Crippen molar-refractivity contribution in [3.05, 3.63) is 45.5 Å². The van der Waals surface area contributed by atoms with E-state index in [2.05, 4.69) is 31.7 Å². The molecule has 0 radical (unpaired) electrons. The van der Waals surface area contributed by atoms with Crippen LogP contribution in [-0.2, 0) is 0 Å². The molecule has 1 heterocycles. The molecule has 0 aliphatic rings. The number of benzene rings is 1. The van der Waals surface area contributed by atoms with E-state index >= 15 is 0 Å². The number of ether oxygens (including phenoxy) is 1. The van der Waals surface area contributed by atoms with Gasteiger partial charge in [0, 0.05) is 10.0 Å². The lowest BCUT2D eigenvalue weighted by atomic mass is 10.2. The van der Waals surface area contributed by atoms with Crippen molar-refractivity contribution in [1.29, 1.82) is 0 Å². The molecule has 0 bridgehead atoms. The molecular weight excluding hydrogens is 360 g/mol. The Morgan fingerprint density at radius 3 is 2.81 bits per heavy atom. The minimum atomic E-state index is -0.354. The second-order valence-corrected chi connectivity index (χ2v) is 5.31. The third kappa shape index (κ3) is 3.84. The van der Waals surface area contributed by atoms with Gasteiger partial charge in [-0.05, 0) is 30.3 Å². The standard InChI is InChI=1S/C13H12BrClN4O2/c1-21-10-3-2-8(14)6-9(10)17-13(20)7-4-11(15)18-12(5-7)19-16/h2-6H,16H2,1H3,(H,17,20)(H,18,19). The van der Waals surface area contributed by atoms with E-state index in [9.17, 15) is 4.79 Å². The Labute approximate surface area is 134 Å². The van der Waals surface area contributed by atoms with Gasteiger partial charge in [-0.1, -0.05) is 27.5 Å². The van der Waals surface area contributed by atoms with Gasteiger partial charge in [-0.25, -0.2) is 10.8 Å². The van der Waals surface area contributed by atoms with Crippen molar-refractivity contribution in [2.75, 3.05) is 17.9 Å². The molecule has 0 atom stereocenters. The van der Waals surface area contributed by atoms with Crippen molar-refractivity contribution in [2.24, 2.45) is 5.84 Å². The molecule has 2 rings (SSSR count). The molecule has 110 valence electrons. The van der Waals surface area contributed by atoms with Crippen LogP contribution in [-0.4, -0.2) is 18.0 Å². The number of anilines is 2. The third-order valence-corrected chi connectivity index (χ3v) is 3.30. The number of nitrogens with one attached hydrogen (secondary N) is 2. The largest absolute Gasteiger partial charge is 0.495 e. The number of hydrazine groups is 1. The zero-order chi connectivity index (χ0) is 15.4.